The predicted molar refractivity (Wildman–Crippen MR) is 100.0 cm³/mol. The van der Waals surface area contributed by atoms with Gasteiger partial charge in [-0.15, -0.1) is 0 Å². The van der Waals surface area contributed by atoms with Crippen LogP contribution in [0.5, 0.6) is 5.75 Å². The highest BCUT2D eigenvalue weighted by atomic mass is 16.5. The maximum atomic E-state index is 12.1. The molecule has 1 atom stereocenters. The number of amides is 1. The molecular formula is C19H21N5O4. The van der Waals surface area contributed by atoms with E-state index in [4.69, 9.17) is 13.7 Å². The first-order valence-electron chi connectivity index (χ1n) is 9.00. The van der Waals surface area contributed by atoms with Crippen LogP contribution in [0.4, 0.5) is 5.69 Å². The summed E-state index contributed by atoms with van der Waals surface area (Å²) in [6.07, 6.45) is 1.45. The average molecular weight is 383 g/mol. The summed E-state index contributed by atoms with van der Waals surface area (Å²) >= 11 is 0. The van der Waals surface area contributed by atoms with Crippen molar-refractivity contribution in [2.24, 2.45) is 0 Å². The molecule has 1 unspecified atom stereocenters. The molecule has 2 N–H and O–H groups in total. The summed E-state index contributed by atoms with van der Waals surface area (Å²) in [5.41, 5.74) is 0.597. The molecule has 9 nitrogen and oxygen atoms in total. The van der Waals surface area contributed by atoms with Crippen molar-refractivity contribution in [3.63, 3.8) is 0 Å². The Kier molecular flexibility index (Phi) is 5.36. The molecule has 0 spiro atoms. The van der Waals surface area contributed by atoms with Crippen LogP contribution in [0.3, 0.4) is 0 Å². The maximum Gasteiger partial charge on any atom is 0.291 e. The highest BCUT2D eigenvalue weighted by Gasteiger charge is 2.25. The van der Waals surface area contributed by atoms with Crippen molar-refractivity contribution in [1.82, 2.24) is 20.4 Å². The van der Waals surface area contributed by atoms with Crippen LogP contribution in [0.1, 0.15) is 28.3 Å². The third-order valence-electron chi connectivity index (χ3n) is 4.49. The Morgan fingerprint density at radius 2 is 2.32 bits per heavy atom. The Balaban J connectivity index is 1.36. The van der Waals surface area contributed by atoms with Gasteiger partial charge in [-0.1, -0.05) is 11.2 Å². The lowest BCUT2D eigenvalue weighted by Crippen LogP contribution is -2.44. The molecule has 4 rings (SSSR count). The topological polar surface area (TPSA) is 106 Å². The number of hydrogen-bond acceptors (Lipinski definition) is 8. The lowest BCUT2D eigenvalue weighted by Gasteiger charge is -2.30. The second-order valence-electron chi connectivity index (χ2n) is 6.49. The third kappa shape index (κ3) is 4.21. The van der Waals surface area contributed by atoms with Gasteiger partial charge in [-0.3, -0.25) is 9.69 Å². The molecule has 1 amide bonds. The summed E-state index contributed by atoms with van der Waals surface area (Å²) < 4.78 is 16.1. The molecule has 1 aliphatic rings. The van der Waals surface area contributed by atoms with E-state index in [1.54, 1.807) is 36.4 Å². The molecule has 0 bridgehead atoms. The number of furan rings is 1. The Hall–Kier alpha value is -3.17. The number of benzene rings is 1. The highest BCUT2D eigenvalue weighted by molar-refractivity contribution is 6.02. The quantitative estimate of drug-likeness (QED) is 0.666. The number of carbonyl (C=O) groups excluding carboxylic acids is 1. The molecule has 1 saturated heterocycles. The van der Waals surface area contributed by atoms with Crippen molar-refractivity contribution in [1.29, 1.82) is 0 Å². The van der Waals surface area contributed by atoms with Crippen molar-refractivity contribution in [2.75, 3.05) is 32.0 Å². The van der Waals surface area contributed by atoms with Crippen LogP contribution in [0.25, 0.3) is 0 Å². The first-order valence-corrected chi connectivity index (χ1v) is 9.00. The van der Waals surface area contributed by atoms with Gasteiger partial charge in [0.05, 0.1) is 12.3 Å². The molecular weight excluding hydrogens is 362 g/mol. The number of nitrogens with one attached hydrogen (secondary N) is 2. The molecule has 0 saturated carbocycles. The molecule has 3 aromatic rings. The summed E-state index contributed by atoms with van der Waals surface area (Å²) in [4.78, 5) is 18.7. The van der Waals surface area contributed by atoms with E-state index in [1.807, 2.05) is 7.05 Å². The fourth-order valence-electron chi connectivity index (χ4n) is 2.97. The number of ether oxygens (including phenoxy) is 1. The SMILES string of the molecule is CN1CCNCC1c1noc(COc2cccc(NC(=O)c3ccco3)c2)n1. The Morgan fingerprint density at radius 3 is 3.14 bits per heavy atom. The predicted octanol–water partition coefficient (Wildman–Crippen LogP) is 2.07. The van der Waals surface area contributed by atoms with Gasteiger partial charge in [0.1, 0.15) is 5.75 Å². The first kappa shape index (κ1) is 18.2. The molecule has 0 aliphatic carbocycles. The summed E-state index contributed by atoms with van der Waals surface area (Å²) in [6.45, 7) is 2.81. The largest absolute Gasteiger partial charge is 0.484 e. The third-order valence-corrected chi connectivity index (χ3v) is 4.49. The van der Waals surface area contributed by atoms with E-state index < -0.39 is 0 Å². The molecule has 1 aliphatic heterocycles. The van der Waals surface area contributed by atoms with Crippen molar-refractivity contribution in [3.8, 4) is 5.75 Å². The lowest BCUT2D eigenvalue weighted by atomic mass is 10.2. The second kappa shape index (κ2) is 8.24. The zero-order chi connectivity index (χ0) is 19.3. The van der Waals surface area contributed by atoms with E-state index in [1.165, 1.54) is 6.26 Å². The van der Waals surface area contributed by atoms with Gasteiger partial charge in [-0.25, -0.2) is 0 Å². The van der Waals surface area contributed by atoms with Crippen molar-refractivity contribution < 1.29 is 18.5 Å². The van der Waals surface area contributed by atoms with Crippen molar-refractivity contribution in [2.45, 2.75) is 12.6 Å². The lowest BCUT2D eigenvalue weighted by molar-refractivity contribution is 0.0996. The molecule has 9 heteroatoms. The smallest absolute Gasteiger partial charge is 0.291 e. The standard InChI is InChI=1S/C19H21N5O4/c1-24-8-7-20-11-15(24)18-22-17(28-23-18)12-27-14-5-2-4-13(10-14)21-19(25)16-6-3-9-26-16/h2-6,9-10,15,20H,7-8,11-12H2,1H3,(H,21,25). The normalized spacial score (nSPS) is 17.4. The van der Waals surface area contributed by atoms with Crippen molar-refractivity contribution in [3.05, 3.63) is 60.1 Å². The summed E-state index contributed by atoms with van der Waals surface area (Å²) in [7, 11) is 2.04. The van der Waals surface area contributed by atoms with Crippen LogP contribution >= 0.6 is 0 Å². The van der Waals surface area contributed by atoms with Gasteiger partial charge in [0.15, 0.2) is 18.2 Å². The van der Waals surface area contributed by atoms with Gasteiger partial charge in [0, 0.05) is 31.4 Å². The van der Waals surface area contributed by atoms with E-state index in [0.29, 0.717) is 23.2 Å². The van der Waals surface area contributed by atoms with E-state index in [0.717, 1.165) is 19.6 Å². The minimum atomic E-state index is -0.325. The Morgan fingerprint density at radius 1 is 1.39 bits per heavy atom. The number of likely N-dealkylation sites (N-methyl/N-ethyl adjacent to an activating group) is 1. The van der Waals surface area contributed by atoms with E-state index in [-0.39, 0.29) is 24.3 Å². The molecule has 2 aromatic heterocycles. The zero-order valence-corrected chi connectivity index (χ0v) is 15.4. The minimum absolute atomic E-state index is 0.0893. The van der Waals surface area contributed by atoms with Crippen LogP contribution in [-0.4, -0.2) is 47.6 Å². The fraction of sp³-hybridized carbons (Fsp3) is 0.316. The molecule has 1 aromatic carbocycles. The minimum Gasteiger partial charge on any atom is -0.484 e. The van der Waals surface area contributed by atoms with Gasteiger partial charge in [0.25, 0.3) is 11.8 Å². The summed E-state index contributed by atoms with van der Waals surface area (Å²) in [5, 5.41) is 10.2. The Bertz CT molecular complexity index is 924. The van der Waals surface area contributed by atoms with E-state index in [9.17, 15) is 4.79 Å². The zero-order valence-electron chi connectivity index (χ0n) is 15.4. The van der Waals surface area contributed by atoms with Gasteiger partial charge in [0.2, 0.25) is 0 Å². The average Bonchev–Trinajstić information content (AvgIpc) is 3.39. The van der Waals surface area contributed by atoms with Crippen LogP contribution in [-0.2, 0) is 6.61 Å². The van der Waals surface area contributed by atoms with Crippen LogP contribution in [0, 0.1) is 0 Å². The van der Waals surface area contributed by atoms with Gasteiger partial charge in [-0.05, 0) is 31.3 Å². The fourth-order valence-corrected chi connectivity index (χ4v) is 2.97. The van der Waals surface area contributed by atoms with E-state index in [2.05, 4.69) is 25.7 Å². The van der Waals surface area contributed by atoms with Crippen LogP contribution < -0.4 is 15.4 Å². The monoisotopic (exact) mass is 383 g/mol. The van der Waals surface area contributed by atoms with Gasteiger partial charge in [-0.2, -0.15) is 4.98 Å². The molecule has 0 radical (unpaired) electrons. The molecule has 146 valence electrons. The first-order chi connectivity index (χ1) is 13.7. The second-order valence-corrected chi connectivity index (χ2v) is 6.49. The molecule has 1 fully saturated rings. The number of anilines is 1. The van der Waals surface area contributed by atoms with Gasteiger partial charge < -0.3 is 24.3 Å². The Labute approximate surface area is 161 Å². The number of hydrogen-bond donors (Lipinski definition) is 2. The number of rotatable bonds is 6. The van der Waals surface area contributed by atoms with Crippen LogP contribution in [0.2, 0.25) is 0 Å². The van der Waals surface area contributed by atoms with Crippen LogP contribution in [0.15, 0.2) is 51.6 Å². The number of aromatic nitrogens is 2. The highest BCUT2D eigenvalue weighted by Crippen LogP contribution is 2.21. The maximum absolute atomic E-state index is 12.1. The summed E-state index contributed by atoms with van der Waals surface area (Å²) in [5.74, 6) is 1.54. The molecule has 3 heterocycles. The van der Waals surface area contributed by atoms with Crippen molar-refractivity contribution >= 4 is 11.6 Å². The number of nitrogens with zero attached hydrogens (tertiary/aromatic N) is 3. The van der Waals surface area contributed by atoms with E-state index >= 15 is 0 Å². The number of piperazine rings is 1. The molecule has 28 heavy (non-hydrogen) atoms. The summed E-state index contributed by atoms with van der Waals surface area (Å²) in [6, 6.07) is 10.4. The number of carbonyl (C=O) groups is 1. The van der Waals surface area contributed by atoms with Gasteiger partial charge >= 0.3 is 0 Å².